The minimum Gasteiger partial charge on any atom is -0.507 e. The molecule has 0 spiro atoms. The maximum atomic E-state index is 12.1. The van der Waals surface area contributed by atoms with Crippen molar-refractivity contribution in [1.29, 1.82) is 0 Å². The van der Waals surface area contributed by atoms with Gasteiger partial charge in [-0.3, -0.25) is 4.79 Å². The zero-order valence-electron chi connectivity index (χ0n) is 19.4. The lowest BCUT2D eigenvalue weighted by Gasteiger charge is -2.42. The van der Waals surface area contributed by atoms with Gasteiger partial charge in [0.2, 0.25) is 0 Å². The van der Waals surface area contributed by atoms with Crippen LogP contribution in [-0.4, -0.2) is 22.4 Å². The zero-order valence-corrected chi connectivity index (χ0v) is 21.0. The highest BCUT2D eigenvalue weighted by molar-refractivity contribution is 8.26. The Kier molecular flexibility index (Phi) is 5.66. The van der Waals surface area contributed by atoms with E-state index in [0.717, 1.165) is 29.5 Å². The fourth-order valence-electron chi connectivity index (χ4n) is 4.66. The molecule has 32 heavy (non-hydrogen) atoms. The van der Waals surface area contributed by atoms with Crippen molar-refractivity contribution < 1.29 is 14.6 Å². The average Bonchev–Trinajstić information content (AvgIpc) is 3.03. The molecule has 2 aromatic rings. The second kappa shape index (κ2) is 7.92. The number of hydrogen-bond acceptors (Lipinski definition) is 5. The Morgan fingerprint density at radius 2 is 1.69 bits per heavy atom. The van der Waals surface area contributed by atoms with Crippen LogP contribution in [0, 0.1) is 6.92 Å². The number of rotatable bonds is 3. The second-order valence-electron chi connectivity index (χ2n) is 9.94. The van der Waals surface area contributed by atoms with Gasteiger partial charge in [-0.25, -0.2) is 0 Å². The fraction of sp³-hybridized carbons (Fsp3) is 0.385. The summed E-state index contributed by atoms with van der Waals surface area (Å²) in [6, 6.07) is 8.12. The molecule has 1 aliphatic heterocycles. The molecule has 0 saturated carbocycles. The third kappa shape index (κ3) is 3.95. The van der Waals surface area contributed by atoms with E-state index in [9.17, 15) is 9.90 Å². The smallest absolute Gasteiger partial charge is 0.263 e. The summed E-state index contributed by atoms with van der Waals surface area (Å²) in [4.78, 5) is 12.6. The van der Waals surface area contributed by atoms with Crippen LogP contribution in [0.5, 0.6) is 11.5 Å². The van der Waals surface area contributed by atoms with Crippen molar-refractivity contribution in [1.82, 2.24) is 5.32 Å². The van der Waals surface area contributed by atoms with Crippen LogP contribution in [-0.2, 0) is 15.6 Å². The number of aryl methyl sites for hydroxylation is 1. The van der Waals surface area contributed by atoms with Gasteiger partial charge < -0.3 is 15.2 Å². The minimum atomic E-state index is -0.245. The van der Waals surface area contributed by atoms with Crippen LogP contribution in [0.3, 0.4) is 0 Å². The van der Waals surface area contributed by atoms with Crippen LogP contribution >= 0.6 is 24.0 Å². The molecule has 0 radical (unpaired) electrons. The number of fused-ring (bicyclic) bond motifs is 1. The van der Waals surface area contributed by atoms with Gasteiger partial charge in [0.05, 0.1) is 12.0 Å². The number of phenols is 1. The molecular weight excluding hydrogens is 438 g/mol. The highest BCUT2D eigenvalue weighted by Crippen LogP contribution is 2.49. The number of carbonyl (C=O) groups is 1. The van der Waals surface area contributed by atoms with Crippen LogP contribution in [0.1, 0.15) is 62.8 Å². The minimum absolute atomic E-state index is 0.0568. The van der Waals surface area contributed by atoms with Crippen LogP contribution in [0.4, 0.5) is 0 Å². The SMILES string of the molecule is COc1cc(O)c(/C=C2/SC(=S)NC2=O)cc1-c1cc2c(cc1C)C(C)(C)CCC2(C)C. The Balaban J connectivity index is 1.91. The average molecular weight is 468 g/mol. The van der Waals surface area contributed by atoms with Crippen molar-refractivity contribution in [2.75, 3.05) is 7.11 Å². The van der Waals surface area contributed by atoms with E-state index in [0.29, 0.717) is 20.5 Å². The molecule has 0 unspecified atom stereocenters. The predicted octanol–water partition coefficient (Wildman–Crippen LogP) is 6.21. The fourth-order valence-corrected chi connectivity index (χ4v) is 5.69. The lowest BCUT2D eigenvalue weighted by Crippen LogP contribution is -2.34. The first-order chi connectivity index (χ1) is 14.9. The molecule has 1 aliphatic carbocycles. The molecule has 0 atom stereocenters. The number of phenolic OH excluding ortho intramolecular Hbond substituents is 1. The van der Waals surface area contributed by atoms with E-state index in [4.69, 9.17) is 17.0 Å². The Morgan fingerprint density at radius 3 is 2.25 bits per heavy atom. The molecule has 168 valence electrons. The third-order valence-electron chi connectivity index (χ3n) is 6.77. The quantitative estimate of drug-likeness (QED) is 0.415. The Labute approximate surface area is 199 Å². The number of ether oxygens (including phenoxy) is 1. The van der Waals surface area contributed by atoms with Gasteiger partial charge in [-0.1, -0.05) is 57.7 Å². The standard InChI is InChI=1S/C26H29NO3S2/c1-14-9-18-19(26(4,5)8-7-25(18,2)3)12-16(14)17-10-15(20(28)13-21(17)30-6)11-22-23(29)27-24(31)32-22/h9-13,28H,7-8H2,1-6H3,(H,27,29,31)/b22-11+. The highest BCUT2D eigenvalue weighted by atomic mass is 32.2. The van der Waals surface area contributed by atoms with Crippen molar-refractivity contribution in [2.24, 2.45) is 0 Å². The van der Waals surface area contributed by atoms with Crippen molar-refractivity contribution >= 4 is 40.3 Å². The number of amides is 1. The number of carbonyl (C=O) groups excluding carboxylic acids is 1. The van der Waals surface area contributed by atoms with E-state index in [1.807, 2.05) is 6.07 Å². The lowest BCUT2D eigenvalue weighted by molar-refractivity contribution is -0.115. The largest absolute Gasteiger partial charge is 0.507 e. The Bertz CT molecular complexity index is 1180. The van der Waals surface area contributed by atoms with Crippen LogP contribution < -0.4 is 10.1 Å². The summed E-state index contributed by atoms with van der Waals surface area (Å²) in [5.74, 6) is 0.409. The van der Waals surface area contributed by atoms with Crippen molar-refractivity contribution in [2.45, 2.75) is 58.3 Å². The second-order valence-corrected chi connectivity index (χ2v) is 11.7. The molecule has 1 amide bonds. The van der Waals surface area contributed by atoms with E-state index in [-0.39, 0.29) is 22.5 Å². The normalized spacial score (nSPS) is 20.2. The van der Waals surface area contributed by atoms with Gasteiger partial charge in [-0.2, -0.15) is 0 Å². The Morgan fingerprint density at radius 1 is 1.06 bits per heavy atom. The van der Waals surface area contributed by atoms with Crippen molar-refractivity contribution in [3.8, 4) is 22.6 Å². The number of nitrogens with one attached hydrogen (secondary N) is 1. The summed E-state index contributed by atoms with van der Waals surface area (Å²) in [5.41, 5.74) is 6.66. The molecule has 6 heteroatoms. The monoisotopic (exact) mass is 467 g/mol. The lowest BCUT2D eigenvalue weighted by atomic mass is 9.62. The summed E-state index contributed by atoms with van der Waals surface area (Å²) < 4.78 is 6.07. The molecule has 1 heterocycles. The van der Waals surface area contributed by atoms with Crippen molar-refractivity contribution in [3.63, 3.8) is 0 Å². The summed E-state index contributed by atoms with van der Waals surface area (Å²) in [6.45, 7) is 11.4. The number of methoxy groups -OCH3 is 1. The third-order valence-corrected chi connectivity index (χ3v) is 7.93. The van der Waals surface area contributed by atoms with E-state index < -0.39 is 0 Å². The molecule has 0 bridgehead atoms. The van der Waals surface area contributed by atoms with E-state index in [1.165, 1.54) is 22.9 Å². The Hall–Kier alpha value is -2.31. The summed E-state index contributed by atoms with van der Waals surface area (Å²) >= 11 is 6.29. The number of benzene rings is 2. The maximum Gasteiger partial charge on any atom is 0.263 e. The topological polar surface area (TPSA) is 58.6 Å². The molecule has 4 rings (SSSR count). The van der Waals surface area contributed by atoms with E-state index in [1.54, 1.807) is 19.3 Å². The zero-order chi connectivity index (χ0) is 23.4. The number of thioether (sulfide) groups is 1. The molecule has 4 nitrogen and oxygen atoms in total. The molecule has 1 fully saturated rings. The highest BCUT2D eigenvalue weighted by Gasteiger charge is 2.37. The van der Waals surface area contributed by atoms with E-state index in [2.05, 4.69) is 52.1 Å². The molecule has 2 aromatic carbocycles. The number of thiocarbonyl (C=S) groups is 1. The van der Waals surface area contributed by atoms with Gasteiger partial charge in [0.15, 0.2) is 0 Å². The molecule has 2 aliphatic rings. The maximum absolute atomic E-state index is 12.1. The van der Waals surface area contributed by atoms with Crippen LogP contribution in [0.25, 0.3) is 17.2 Å². The van der Waals surface area contributed by atoms with Gasteiger partial charge in [0, 0.05) is 17.2 Å². The van der Waals surface area contributed by atoms with Gasteiger partial charge in [0.1, 0.15) is 15.8 Å². The number of hydrogen-bond donors (Lipinski definition) is 2. The van der Waals surface area contributed by atoms with Gasteiger partial charge in [-0.05, 0) is 71.1 Å². The summed E-state index contributed by atoms with van der Waals surface area (Å²) in [6.07, 6.45) is 3.97. The van der Waals surface area contributed by atoms with Crippen LogP contribution in [0.2, 0.25) is 0 Å². The van der Waals surface area contributed by atoms with Gasteiger partial charge in [-0.15, -0.1) is 0 Å². The van der Waals surface area contributed by atoms with Gasteiger partial charge >= 0.3 is 0 Å². The summed E-state index contributed by atoms with van der Waals surface area (Å²) in [5, 5.41) is 13.2. The van der Waals surface area contributed by atoms with Crippen LogP contribution in [0.15, 0.2) is 29.2 Å². The summed E-state index contributed by atoms with van der Waals surface area (Å²) in [7, 11) is 1.61. The van der Waals surface area contributed by atoms with Gasteiger partial charge in [0.25, 0.3) is 5.91 Å². The van der Waals surface area contributed by atoms with Crippen molar-refractivity contribution in [3.05, 3.63) is 51.4 Å². The molecule has 1 saturated heterocycles. The number of aromatic hydroxyl groups is 1. The molecular formula is C26H29NO3S2. The first kappa shape index (κ1) is 22.9. The first-order valence-corrected chi connectivity index (χ1v) is 12.0. The first-order valence-electron chi connectivity index (χ1n) is 10.7. The molecule has 0 aromatic heterocycles. The molecule has 2 N–H and O–H groups in total. The van der Waals surface area contributed by atoms with E-state index >= 15 is 0 Å². The predicted molar refractivity (Wildman–Crippen MR) is 136 cm³/mol.